The SMILES string of the molecule is Cc1cc(N(C)C)ccc1N=C1C=CC(N(C)C)=CC1C. The maximum atomic E-state index is 4.84. The van der Waals surface area contributed by atoms with Gasteiger partial charge in [-0.2, -0.15) is 0 Å². The van der Waals surface area contributed by atoms with Crippen molar-refractivity contribution in [3.8, 4) is 0 Å². The van der Waals surface area contributed by atoms with Gasteiger partial charge in [-0.3, -0.25) is 4.99 Å². The summed E-state index contributed by atoms with van der Waals surface area (Å²) in [6.07, 6.45) is 6.50. The largest absolute Gasteiger partial charge is 0.378 e. The van der Waals surface area contributed by atoms with Crippen LogP contribution in [0.2, 0.25) is 0 Å². The lowest BCUT2D eigenvalue weighted by Crippen LogP contribution is -2.17. The molecule has 0 heterocycles. The van der Waals surface area contributed by atoms with Gasteiger partial charge in [0.25, 0.3) is 0 Å². The molecule has 1 atom stereocenters. The summed E-state index contributed by atoms with van der Waals surface area (Å²) in [4.78, 5) is 9.08. The average molecular weight is 283 g/mol. The maximum Gasteiger partial charge on any atom is 0.0663 e. The minimum Gasteiger partial charge on any atom is -0.378 e. The summed E-state index contributed by atoms with van der Waals surface area (Å²) >= 11 is 0. The Morgan fingerprint density at radius 3 is 2.24 bits per heavy atom. The molecule has 3 heteroatoms. The fraction of sp³-hybridized carbons (Fsp3) is 0.389. The third-order valence-electron chi connectivity index (χ3n) is 3.77. The highest BCUT2D eigenvalue weighted by atomic mass is 15.1. The molecule has 1 aliphatic carbocycles. The van der Waals surface area contributed by atoms with E-state index in [2.05, 4.69) is 88.3 Å². The van der Waals surface area contributed by atoms with E-state index in [1.807, 2.05) is 0 Å². The van der Waals surface area contributed by atoms with Gasteiger partial charge in [-0.15, -0.1) is 0 Å². The molecule has 0 saturated carbocycles. The Hall–Kier alpha value is -2.03. The Morgan fingerprint density at radius 2 is 1.71 bits per heavy atom. The van der Waals surface area contributed by atoms with Crippen molar-refractivity contribution in [3.63, 3.8) is 0 Å². The molecule has 1 aromatic carbocycles. The lowest BCUT2D eigenvalue weighted by Gasteiger charge is -2.21. The number of nitrogens with zero attached hydrogens (tertiary/aromatic N) is 3. The van der Waals surface area contributed by atoms with Gasteiger partial charge in [-0.05, 0) is 42.8 Å². The number of aliphatic imine (C=N–C) groups is 1. The zero-order chi connectivity index (χ0) is 15.6. The first-order valence-electron chi connectivity index (χ1n) is 7.32. The lowest BCUT2D eigenvalue weighted by molar-refractivity contribution is 0.524. The average Bonchev–Trinajstić information content (AvgIpc) is 2.42. The Labute approximate surface area is 128 Å². The highest BCUT2D eigenvalue weighted by Gasteiger charge is 2.13. The molecule has 1 unspecified atom stereocenters. The van der Waals surface area contributed by atoms with Gasteiger partial charge in [-0.25, -0.2) is 0 Å². The molecule has 2 rings (SSSR count). The Bertz CT molecular complexity index is 607. The van der Waals surface area contributed by atoms with Gasteiger partial charge in [0.2, 0.25) is 0 Å². The third kappa shape index (κ3) is 3.54. The van der Waals surface area contributed by atoms with Crippen molar-refractivity contribution in [2.24, 2.45) is 10.9 Å². The second kappa shape index (κ2) is 6.17. The smallest absolute Gasteiger partial charge is 0.0663 e. The molecule has 0 bridgehead atoms. The van der Waals surface area contributed by atoms with Crippen LogP contribution in [0.1, 0.15) is 12.5 Å². The summed E-state index contributed by atoms with van der Waals surface area (Å²) < 4.78 is 0. The second-order valence-corrected chi connectivity index (χ2v) is 6.01. The molecule has 0 spiro atoms. The number of hydrogen-bond donors (Lipinski definition) is 0. The topological polar surface area (TPSA) is 18.8 Å². The third-order valence-corrected chi connectivity index (χ3v) is 3.77. The monoisotopic (exact) mass is 283 g/mol. The molecule has 0 aliphatic heterocycles. The first-order valence-corrected chi connectivity index (χ1v) is 7.32. The number of allylic oxidation sites excluding steroid dienone is 3. The van der Waals surface area contributed by atoms with Gasteiger partial charge in [-0.1, -0.05) is 13.0 Å². The van der Waals surface area contributed by atoms with E-state index in [1.165, 1.54) is 16.9 Å². The van der Waals surface area contributed by atoms with E-state index in [0.29, 0.717) is 5.92 Å². The Balaban J connectivity index is 2.28. The minimum atomic E-state index is 0.334. The first kappa shape index (κ1) is 15.4. The van der Waals surface area contributed by atoms with Crippen molar-refractivity contribution in [1.29, 1.82) is 0 Å². The first-order chi connectivity index (χ1) is 9.88. The normalized spacial score (nSPS) is 19.6. The number of aryl methyl sites for hydroxylation is 1. The van der Waals surface area contributed by atoms with Gasteiger partial charge in [0, 0.05) is 51.2 Å². The van der Waals surface area contributed by atoms with Crippen LogP contribution in [0.15, 0.2) is 47.1 Å². The van der Waals surface area contributed by atoms with Crippen molar-refractivity contribution < 1.29 is 0 Å². The summed E-state index contributed by atoms with van der Waals surface area (Å²) in [5.41, 5.74) is 5.81. The summed E-state index contributed by atoms with van der Waals surface area (Å²) in [6.45, 7) is 4.31. The van der Waals surface area contributed by atoms with E-state index in [9.17, 15) is 0 Å². The number of likely N-dealkylation sites (N-methyl/N-ethyl adjacent to an activating group) is 1. The van der Waals surface area contributed by atoms with Crippen molar-refractivity contribution in [1.82, 2.24) is 4.90 Å². The van der Waals surface area contributed by atoms with Crippen LogP contribution in [-0.4, -0.2) is 38.8 Å². The molecule has 3 nitrogen and oxygen atoms in total. The molecule has 0 aromatic heterocycles. The predicted octanol–water partition coefficient (Wildman–Crippen LogP) is 3.78. The zero-order valence-corrected chi connectivity index (χ0v) is 13.9. The van der Waals surface area contributed by atoms with Crippen molar-refractivity contribution in [3.05, 3.63) is 47.7 Å². The molecule has 0 radical (unpaired) electrons. The summed E-state index contributed by atoms with van der Waals surface area (Å²) in [6, 6.07) is 6.39. The van der Waals surface area contributed by atoms with Crippen LogP contribution in [0.4, 0.5) is 11.4 Å². The number of rotatable bonds is 3. The number of benzene rings is 1. The van der Waals surface area contributed by atoms with Gasteiger partial charge >= 0.3 is 0 Å². The highest BCUT2D eigenvalue weighted by Crippen LogP contribution is 2.26. The van der Waals surface area contributed by atoms with E-state index >= 15 is 0 Å². The predicted molar refractivity (Wildman–Crippen MR) is 92.7 cm³/mol. The van der Waals surface area contributed by atoms with E-state index < -0.39 is 0 Å². The van der Waals surface area contributed by atoms with Crippen LogP contribution in [0.25, 0.3) is 0 Å². The van der Waals surface area contributed by atoms with Crippen molar-refractivity contribution >= 4 is 17.1 Å². The Morgan fingerprint density at radius 1 is 1.00 bits per heavy atom. The molecule has 0 amide bonds. The number of anilines is 1. The van der Waals surface area contributed by atoms with E-state index in [-0.39, 0.29) is 0 Å². The molecule has 1 aliphatic rings. The summed E-state index contributed by atoms with van der Waals surface area (Å²) in [7, 11) is 8.24. The summed E-state index contributed by atoms with van der Waals surface area (Å²) in [5, 5.41) is 0. The van der Waals surface area contributed by atoms with Gasteiger partial charge in [0.1, 0.15) is 0 Å². The molecular formula is C18H25N3. The Kier molecular flexibility index (Phi) is 4.51. The van der Waals surface area contributed by atoms with Crippen LogP contribution in [-0.2, 0) is 0 Å². The molecule has 112 valence electrons. The zero-order valence-electron chi connectivity index (χ0n) is 13.9. The second-order valence-electron chi connectivity index (χ2n) is 6.01. The van der Waals surface area contributed by atoms with Gasteiger partial charge < -0.3 is 9.80 Å². The lowest BCUT2D eigenvalue weighted by atomic mass is 9.98. The molecule has 1 aromatic rings. The van der Waals surface area contributed by atoms with Crippen LogP contribution >= 0.6 is 0 Å². The fourth-order valence-electron chi connectivity index (χ4n) is 2.34. The molecule has 0 fully saturated rings. The van der Waals surface area contributed by atoms with Crippen LogP contribution in [0.5, 0.6) is 0 Å². The van der Waals surface area contributed by atoms with Gasteiger partial charge in [0.15, 0.2) is 0 Å². The highest BCUT2D eigenvalue weighted by molar-refractivity contribution is 6.01. The molecule has 21 heavy (non-hydrogen) atoms. The van der Waals surface area contributed by atoms with Crippen molar-refractivity contribution in [2.75, 3.05) is 33.1 Å². The van der Waals surface area contributed by atoms with Crippen LogP contribution < -0.4 is 4.90 Å². The van der Waals surface area contributed by atoms with Gasteiger partial charge in [0.05, 0.1) is 5.69 Å². The van der Waals surface area contributed by atoms with Crippen molar-refractivity contribution in [2.45, 2.75) is 13.8 Å². The van der Waals surface area contributed by atoms with Crippen LogP contribution in [0, 0.1) is 12.8 Å². The summed E-state index contributed by atoms with van der Waals surface area (Å²) in [5.74, 6) is 0.334. The number of hydrogen-bond acceptors (Lipinski definition) is 3. The van der Waals surface area contributed by atoms with Crippen LogP contribution in [0.3, 0.4) is 0 Å². The maximum absolute atomic E-state index is 4.84. The van der Waals surface area contributed by atoms with E-state index in [1.54, 1.807) is 0 Å². The fourth-order valence-corrected chi connectivity index (χ4v) is 2.34. The van der Waals surface area contributed by atoms with E-state index in [0.717, 1.165) is 11.4 Å². The quantitative estimate of drug-likeness (QED) is 0.840. The molecule has 0 saturated heterocycles. The molecule has 0 N–H and O–H groups in total. The standard InChI is InChI=1S/C18H25N3/c1-13-11-15(20(3)4)7-9-17(13)19-18-10-8-16(21(5)6)12-14(18)2/h7-13H,1-6H3. The minimum absolute atomic E-state index is 0.334. The van der Waals surface area contributed by atoms with E-state index in [4.69, 9.17) is 4.99 Å². The molecular weight excluding hydrogens is 258 g/mol.